The summed E-state index contributed by atoms with van der Waals surface area (Å²) in [5.41, 5.74) is 2.68. The lowest BCUT2D eigenvalue weighted by Gasteiger charge is -2.23. The number of nitrogens with zero attached hydrogens (tertiary/aromatic N) is 2. The quantitative estimate of drug-likeness (QED) is 0.537. The highest BCUT2D eigenvalue weighted by molar-refractivity contribution is 7.10. The van der Waals surface area contributed by atoms with Crippen LogP contribution in [0.3, 0.4) is 0 Å². The monoisotopic (exact) mass is 478 g/mol. The van der Waals surface area contributed by atoms with Crippen molar-refractivity contribution in [2.75, 3.05) is 6.61 Å². The van der Waals surface area contributed by atoms with Crippen molar-refractivity contribution < 1.29 is 14.3 Å². The van der Waals surface area contributed by atoms with Gasteiger partial charge in [-0.05, 0) is 56.0 Å². The van der Waals surface area contributed by atoms with Gasteiger partial charge in [0, 0.05) is 10.4 Å². The van der Waals surface area contributed by atoms with Crippen LogP contribution in [0.25, 0.3) is 12.2 Å². The molecule has 168 valence electrons. The van der Waals surface area contributed by atoms with E-state index < -0.39 is 12.0 Å². The van der Waals surface area contributed by atoms with Crippen molar-refractivity contribution in [2.45, 2.75) is 32.9 Å². The molecular weight excluding hydrogens is 456 g/mol. The number of fused-ring (bicyclic) bond motifs is 2. The number of benzene rings is 1. The third kappa shape index (κ3) is 3.79. The average molecular weight is 479 g/mol. The number of carbonyl (C=O) groups is 1. The lowest BCUT2D eigenvalue weighted by molar-refractivity contribution is -0.139. The molecule has 2 aromatic heterocycles. The molecule has 4 heterocycles. The maximum Gasteiger partial charge on any atom is 0.338 e. The van der Waals surface area contributed by atoms with Crippen LogP contribution < -0.4 is 19.6 Å². The Hall–Kier alpha value is -3.23. The lowest BCUT2D eigenvalue weighted by Crippen LogP contribution is -2.39. The fraction of sp³-hybridized carbons (Fsp3) is 0.240. The summed E-state index contributed by atoms with van der Waals surface area (Å²) >= 11 is 2.82. The van der Waals surface area contributed by atoms with E-state index in [1.165, 1.54) is 22.7 Å². The topological polar surface area (TPSA) is 69.9 Å². The van der Waals surface area contributed by atoms with Gasteiger partial charge in [-0.25, -0.2) is 9.79 Å². The summed E-state index contributed by atoms with van der Waals surface area (Å²) in [6.07, 6.45) is 3.73. The molecule has 0 spiro atoms. The van der Waals surface area contributed by atoms with E-state index in [1.807, 2.05) is 60.9 Å². The molecule has 5 rings (SSSR count). The molecule has 0 saturated heterocycles. The van der Waals surface area contributed by atoms with E-state index in [1.54, 1.807) is 18.4 Å². The molecule has 0 fully saturated rings. The van der Waals surface area contributed by atoms with Gasteiger partial charge in [0.05, 0.1) is 22.4 Å². The Labute approximate surface area is 198 Å². The Balaban J connectivity index is 1.68. The van der Waals surface area contributed by atoms with Crippen molar-refractivity contribution in [3.05, 3.63) is 88.7 Å². The van der Waals surface area contributed by atoms with Crippen LogP contribution in [0.5, 0.6) is 5.75 Å². The van der Waals surface area contributed by atoms with Gasteiger partial charge in [-0.2, -0.15) is 0 Å². The van der Waals surface area contributed by atoms with E-state index in [0.717, 1.165) is 21.8 Å². The minimum atomic E-state index is -0.558. The van der Waals surface area contributed by atoms with E-state index in [2.05, 4.69) is 4.99 Å². The van der Waals surface area contributed by atoms with Gasteiger partial charge in [-0.3, -0.25) is 9.36 Å². The van der Waals surface area contributed by atoms with Gasteiger partial charge in [0.25, 0.3) is 5.56 Å². The summed E-state index contributed by atoms with van der Waals surface area (Å²) < 4.78 is 13.5. The molecular formula is C25H22N2O4S2. The fourth-order valence-corrected chi connectivity index (χ4v) is 5.95. The van der Waals surface area contributed by atoms with E-state index in [-0.39, 0.29) is 18.3 Å². The lowest BCUT2D eigenvalue weighted by atomic mass is 10.0. The van der Waals surface area contributed by atoms with Crippen LogP contribution >= 0.6 is 22.7 Å². The zero-order chi connectivity index (χ0) is 23.1. The number of hydrogen-bond donors (Lipinski definition) is 0. The first-order valence-electron chi connectivity index (χ1n) is 10.7. The minimum Gasteiger partial charge on any atom is -0.485 e. The van der Waals surface area contributed by atoms with Crippen molar-refractivity contribution in [3.63, 3.8) is 0 Å². The zero-order valence-electron chi connectivity index (χ0n) is 18.4. The Morgan fingerprint density at radius 1 is 1.27 bits per heavy atom. The Bertz CT molecular complexity index is 1480. The number of aromatic nitrogens is 1. The third-order valence-electron chi connectivity index (χ3n) is 5.64. The second-order valence-electron chi connectivity index (χ2n) is 7.76. The fourth-order valence-electron chi connectivity index (χ4n) is 4.08. The van der Waals surface area contributed by atoms with E-state index in [4.69, 9.17) is 9.47 Å². The molecule has 2 atom stereocenters. The molecule has 3 aromatic rings. The summed E-state index contributed by atoms with van der Waals surface area (Å²) in [4.78, 5) is 32.5. The van der Waals surface area contributed by atoms with E-state index >= 15 is 0 Å². The first-order valence-corrected chi connectivity index (χ1v) is 12.4. The highest BCUT2D eigenvalue weighted by Crippen LogP contribution is 2.33. The van der Waals surface area contributed by atoms with Gasteiger partial charge < -0.3 is 9.47 Å². The average Bonchev–Trinajstić information content (AvgIpc) is 3.42. The number of para-hydroxylation sites is 1. The van der Waals surface area contributed by atoms with Gasteiger partial charge in [0.2, 0.25) is 0 Å². The van der Waals surface area contributed by atoms with Gasteiger partial charge in [0.1, 0.15) is 17.9 Å². The summed E-state index contributed by atoms with van der Waals surface area (Å²) in [5, 5.41) is 1.94. The molecule has 0 unspecified atom stereocenters. The summed E-state index contributed by atoms with van der Waals surface area (Å²) in [7, 11) is 0. The summed E-state index contributed by atoms with van der Waals surface area (Å²) in [6.45, 7) is 5.78. The normalized spacial score (nSPS) is 19.8. The minimum absolute atomic E-state index is 0.182. The van der Waals surface area contributed by atoms with Crippen LogP contribution in [0, 0.1) is 0 Å². The number of carbonyl (C=O) groups excluding carboxylic acids is 1. The molecule has 2 aliphatic rings. The van der Waals surface area contributed by atoms with Gasteiger partial charge in [0.15, 0.2) is 4.80 Å². The highest BCUT2D eigenvalue weighted by Gasteiger charge is 2.34. The number of allylic oxidation sites excluding steroid dienone is 1. The van der Waals surface area contributed by atoms with E-state index in [9.17, 15) is 9.59 Å². The predicted molar refractivity (Wildman–Crippen MR) is 130 cm³/mol. The van der Waals surface area contributed by atoms with Crippen molar-refractivity contribution in [2.24, 2.45) is 4.99 Å². The smallest absolute Gasteiger partial charge is 0.338 e. The van der Waals surface area contributed by atoms with E-state index in [0.29, 0.717) is 20.6 Å². The second kappa shape index (κ2) is 8.61. The van der Waals surface area contributed by atoms with Crippen LogP contribution in [0.2, 0.25) is 0 Å². The zero-order valence-corrected chi connectivity index (χ0v) is 20.0. The number of rotatable bonds is 4. The predicted octanol–water partition coefficient (Wildman–Crippen LogP) is 3.68. The molecule has 0 radical (unpaired) electrons. The van der Waals surface area contributed by atoms with Crippen molar-refractivity contribution in [1.29, 1.82) is 0 Å². The molecule has 0 bridgehead atoms. The SMILES string of the molecule is CCOC(=O)C1=C(C)N=c2s/c(=C\C3=Cc4ccccc4O[C@@H]3C)c(=O)n2[C@@H]1c1cccs1. The largest absolute Gasteiger partial charge is 0.485 e. The molecule has 6 nitrogen and oxygen atoms in total. The molecule has 1 aromatic carbocycles. The van der Waals surface area contributed by atoms with Crippen molar-refractivity contribution in [3.8, 4) is 5.75 Å². The number of thiazole rings is 1. The number of hydrogen-bond acceptors (Lipinski definition) is 7. The van der Waals surface area contributed by atoms with Crippen molar-refractivity contribution in [1.82, 2.24) is 4.57 Å². The highest BCUT2D eigenvalue weighted by atomic mass is 32.1. The number of esters is 1. The summed E-state index contributed by atoms with van der Waals surface area (Å²) in [5.74, 6) is 0.385. The Morgan fingerprint density at radius 2 is 2.09 bits per heavy atom. The maximum atomic E-state index is 13.6. The van der Waals surface area contributed by atoms with Gasteiger partial charge in [-0.1, -0.05) is 35.6 Å². The molecule has 0 aliphatic carbocycles. The number of ether oxygens (including phenoxy) is 2. The Kier molecular flexibility index (Phi) is 5.64. The Morgan fingerprint density at radius 3 is 2.85 bits per heavy atom. The molecule has 8 heteroatoms. The summed E-state index contributed by atoms with van der Waals surface area (Å²) in [6, 6.07) is 11.1. The van der Waals surface area contributed by atoms with Crippen LogP contribution in [0.1, 0.15) is 37.3 Å². The molecule has 2 aliphatic heterocycles. The van der Waals surface area contributed by atoms with Gasteiger partial charge in [-0.15, -0.1) is 11.3 Å². The van der Waals surface area contributed by atoms with Crippen LogP contribution in [0.4, 0.5) is 0 Å². The van der Waals surface area contributed by atoms with Crippen LogP contribution in [-0.4, -0.2) is 23.2 Å². The first-order chi connectivity index (χ1) is 16.0. The molecule has 33 heavy (non-hydrogen) atoms. The molecule has 0 saturated carbocycles. The standard InChI is InChI=1S/C25H22N2O4S2/c1-4-30-24(29)21-14(2)26-25-27(22(21)19-10-7-11-32-19)23(28)20(33-25)13-17-12-16-8-5-6-9-18(16)31-15(17)3/h5-13,15,22H,4H2,1-3H3/b20-13-/t15-,22-/m1/s1. The van der Waals surface area contributed by atoms with Gasteiger partial charge >= 0.3 is 5.97 Å². The second-order valence-corrected chi connectivity index (χ2v) is 9.75. The first kappa shape index (κ1) is 21.6. The maximum absolute atomic E-state index is 13.6. The number of thiophene rings is 1. The molecule has 0 amide bonds. The van der Waals surface area contributed by atoms with Crippen molar-refractivity contribution >= 4 is 40.8 Å². The third-order valence-corrected chi connectivity index (χ3v) is 7.55. The van der Waals surface area contributed by atoms with Crippen LogP contribution in [-0.2, 0) is 9.53 Å². The van der Waals surface area contributed by atoms with Crippen LogP contribution in [0.15, 0.2) is 68.4 Å². The molecule has 0 N–H and O–H groups in total.